The molecule has 0 atom stereocenters. The van der Waals surface area contributed by atoms with Crippen molar-refractivity contribution < 1.29 is 4.74 Å². The Morgan fingerprint density at radius 1 is 1.44 bits per heavy atom. The predicted octanol–water partition coefficient (Wildman–Crippen LogP) is 2.05. The lowest BCUT2D eigenvalue weighted by atomic mass is 10.2. The summed E-state index contributed by atoms with van der Waals surface area (Å²) in [6.45, 7) is 3.72. The van der Waals surface area contributed by atoms with Crippen LogP contribution in [-0.2, 0) is 0 Å². The number of hydrogen-bond donors (Lipinski definition) is 1. The van der Waals surface area contributed by atoms with Crippen molar-refractivity contribution in [2.75, 3.05) is 25.9 Å². The Hall–Kier alpha value is -1.22. The van der Waals surface area contributed by atoms with E-state index in [1.807, 2.05) is 25.1 Å². The van der Waals surface area contributed by atoms with Crippen LogP contribution in [0.3, 0.4) is 0 Å². The van der Waals surface area contributed by atoms with Crippen LogP contribution in [0.4, 0.5) is 5.69 Å². The second-order valence-corrected chi connectivity index (χ2v) is 4.60. The third-order valence-corrected chi connectivity index (χ3v) is 3.04. The summed E-state index contributed by atoms with van der Waals surface area (Å²) >= 11 is 0. The average molecular weight is 220 g/mol. The number of nitrogen functional groups attached to an aromatic ring is 1. The molecule has 3 heteroatoms. The van der Waals surface area contributed by atoms with E-state index in [4.69, 9.17) is 10.5 Å². The first-order valence-corrected chi connectivity index (χ1v) is 5.86. The summed E-state index contributed by atoms with van der Waals surface area (Å²) in [6, 6.07) is 6.68. The van der Waals surface area contributed by atoms with E-state index in [1.165, 1.54) is 18.4 Å². The van der Waals surface area contributed by atoms with Gasteiger partial charge in [-0.3, -0.25) is 0 Å². The molecule has 0 heterocycles. The van der Waals surface area contributed by atoms with Crippen LogP contribution in [0.1, 0.15) is 18.4 Å². The Morgan fingerprint density at radius 3 is 2.88 bits per heavy atom. The smallest absolute Gasteiger partial charge is 0.142 e. The molecule has 1 aliphatic rings. The van der Waals surface area contributed by atoms with Crippen LogP contribution in [0, 0.1) is 6.92 Å². The van der Waals surface area contributed by atoms with E-state index >= 15 is 0 Å². The molecule has 2 rings (SSSR count). The third kappa shape index (κ3) is 2.89. The van der Waals surface area contributed by atoms with E-state index in [1.54, 1.807) is 0 Å². The molecule has 0 radical (unpaired) electrons. The van der Waals surface area contributed by atoms with E-state index in [2.05, 4.69) is 11.9 Å². The maximum absolute atomic E-state index is 5.84. The van der Waals surface area contributed by atoms with Crippen molar-refractivity contribution in [3.05, 3.63) is 23.8 Å². The molecule has 0 spiro atoms. The number of rotatable bonds is 5. The molecule has 1 aromatic rings. The van der Waals surface area contributed by atoms with Crippen LogP contribution >= 0.6 is 0 Å². The first-order chi connectivity index (χ1) is 7.66. The Morgan fingerprint density at radius 2 is 2.19 bits per heavy atom. The molecule has 1 saturated carbocycles. The van der Waals surface area contributed by atoms with Gasteiger partial charge in [-0.1, -0.05) is 6.07 Å². The first-order valence-electron chi connectivity index (χ1n) is 5.86. The highest BCUT2D eigenvalue weighted by molar-refractivity contribution is 5.53. The van der Waals surface area contributed by atoms with Crippen molar-refractivity contribution in [1.29, 1.82) is 0 Å². The number of hydrogen-bond acceptors (Lipinski definition) is 3. The van der Waals surface area contributed by atoms with Gasteiger partial charge in [-0.05, 0) is 44.5 Å². The van der Waals surface area contributed by atoms with Gasteiger partial charge in [0.1, 0.15) is 12.4 Å². The molecular formula is C13H20N2O. The minimum Gasteiger partial charge on any atom is -0.490 e. The maximum atomic E-state index is 5.84. The highest BCUT2D eigenvalue weighted by atomic mass is 16.5. The number of aryl methyl sites for hydroxylation is 1. The summed E-state index contributed by atoms with van der Waals surface area (Å²) in [5.74, 6) is 0.809. The lowest BCUT2D eigenvalue weighted by Crippen LogP contribution is -2.26. The van der Waals surface area contributed by atoms with Crippen molar-refractivity contribution >= 4 is 5.69 Å². The van der Waals surface area contributed by atoms with Gasteiger partial charge in [-0.15, -0.1) is 0 Å². The predicted molar refractivity (Wildman–Crippen MR) is 66.7 cm³/mol. The standard InChI is InChI=1S/C13H20N2O/c1-10-3-6-12(14)13(9-10)16-8-7-15(2)11-4-5-11/h3,6,9,11H,4-5,7-8,14H2,1-2H3. The van der Waals surface area contributed by atoms with E-state index in [9.17, 15) is 0 Å². The molecule has 0 saturated heterocycles. The summed E-state index contributed by atoms with van der Waals surface area (Å²) in [7, 11) is 2.15. The van der Waals surface area contributed by atoms with Crippen LogP contribution in [0.5, 0.6) is 5.75 Å². The summed E-state index contributed by atoms with van der Waals surface area (Å²) in [6.07, 6.45) is 2.67. The normalized spacial score (nSPS) is 15.4. The fraction of sp³-hybridized carbons (Fsp3) is 0.538. The van der Waals surface area contributed by atoms with Gasteiger partial charge in [0.15, 0.2) is 0 Å². The number of anilines is 1. The zero-order valence-electron chi connectivity index (χ0n) is 10.1. The minimum atomic E-state index is 0.709. The van der Waals surface area contributed by atoms with E-state index in [0.717, 1.165) is 24.0 Å². The summed E-state index contributed by atoms with van der Waals surface area (Å²) in [4.78, 5) is 2.35. The Bertz CT molecular complexity index is 361. The first kappa shape index (κ1) is 11.3. The van der Waals surface area contributed by atoms with E-state index in [0.29, 0.717) is 6.61 Å². The van der Waals surface area contributed by atoms with Crippen molar-refractivity contribution in [3.8, 4) is 5.75 Å². The molecule has 2 N–H and O–H groups in total. The summed E-state index contributed by atoms with van der Waals surface area (Å²) in [5, 5.41) is 0. The van der Waals surface area contributed by atoms with Gasteiger partial charge in [0.2, 0.25) is 0 Å². The molecule has 1 fully saturated rings. The molecule has 0 aliphatic heterocycles. The third-order valence-electron chi connectivity index (χ3n) is 3.04. The number of nitrogens with zero attached hydrogens (tertiary/aromatic N) is 1. The fourth-order valence-corrected chi connectivity index (χ4v) is 1.76. The maximum Gasteiger partial charge on any atom is 0.142 e. The fourth-order valence-electron chi connectivity index (χ4n) is 1.76. The van der Waals surface area contributed by atoms with Crippen LogP contribution in [0.15, 0.2) is 18.2 Å². The SMILES string of the molecule is Cc1ccc(N)c(OCCN(C)C2CC2)c1. The molecule has 0 amide bonds. The number of ether oxygens (including phenoxy) is 1. The Balaban J connectivity index is 1.81. The van der Waals surface area contributed by atoms with Gasteiger partial charge in [-0.25, -0.2) is 0 Å². The van der Waals surface area contributed by atoms with E-state index in [-0.39, 0.29) is 0 Å². The molecule has 88 valence electrons. The average Bonchev–Trinajstić information content (AvgIpc) is 3.06. The van der Waals surface area contributed by atoms with Crippen LogP contribution in [0.25, 0.3) is 0 Å². The van der Waals surface area contributed by atoms with Crippen molar-refractivity contribution in [3.63, 3.8) is 0 Å². The number of nitrogens with two attached hydrogens (primary N) is 1. The molecular weight excluding hydrogens is 200 g/mol. The quantitative estimate of drug-likeness (QED) is 0.772. The lowest BCUT2D eigenvalue weighted by molar-refractivity contribution is 0.232. The monoisotopic (exact) mass is 220 g/mol. The van der Waals surface area contributed by atoms with Gasteiger partial charge >= 0.3 is 0 Å². The molecule has 3 nitrogen and oxygen atoms in total. The molecule has 0 aromatic heterocycles. The van der Waals surface area contributed by atoms with E-state index < -0.39 is 0 Å². The van der Waals surface area contributed by atoms with Crippen LogP contribution < -0.4 is 10.5 Å². The number of benzene rings is 1. The number of likely N-dealkylation sites (N-methyl/N-ethyl adjacent to an activating group) is 1. The van der Waals surface area contributed by atoms with Gasteiger partial charge in [0, 0.05) is 12.6 Å². The lowest BCUT2D eigenvalue weighted by Gasteiger charge is -2.16. The molecule has 1 aromatic carbocycles. The molecule has 16 heavy (non-hydrogen) atoms. The molecule has 0 bridgehead atoms. The Kier molecular flexibility index (Phi) is 3.34. The zero-order valence-corrected chi connectivity index (χ0v) is 10.1. The van der Waals surface area contributed by atoms with Crippen LogP contribution in [-0.4, -0.2) is 31.1 Å². The summed E-state index contributed by atoms with van der Waals surface area (Å²) < 4.78 is 5.70. The topological polar surface area (TPSA) is 38.5 Å². The van der Waals surface area contributed by atoms with Gasteiger partial charge < -0.3 is 15.4 Å². The van der Waals surface area contributed by atoms with Crippen molar-refractivity contribution in [2.45, 2.75) is 25.8 Å². The molecule has 1 aliphatic carbocycles. The summed E-state index contributed by atoms with van der Waals surface area (Å²) in [5.41, 5.74) is 7.74. The zero-order chi connectivity index (χ0) is 11.5. The van der Waals surface area contributed by atoms with Crippen molar-refractivity contribution in [2.24, 2.45) is 0 Å². The largest absolute Gasteiger partial charge is 0.490 e. The van der Waals surface area contributed by atoms with Gasteiger partial charge in [-0.2, -0.15) is 0 Å². The minimum absolute atomic E-state index is 0.709. The second-order valence-electron chi connectivity index (χ2n) is 4.60. The van der Waals surface area contributed by atoms with Crippen LogP contribution in [0.2, 0.25) is 0 Å². The highest BCUT2D eigenvalue weighted by Crippen LogP contribution is 2.25. The van der Waals surface area contributed by atoms with Crippen molar-refractivity contribution in [1.82, 2.24) is 4.90 Å². The van der Waals surface area contributed by atoms with Gasteiger partial charge in [0.05, 0.1) is 5.69 Å². The molecule has 0 unspecified atom stereocenters. The highest BCUT2D eigenvalue weighted by Gasteiger charge is 2.25. The Labute approximate surface area is 97.2 Å². The van der Waals surface area contributed by atoms with Gasteiger partial charge in [0.25, 0.3) is 0 Å². The second kappa shape index (κ2) is 4.74.